The standard InChI is InChI=1S/C40H71NO2/c1-5-7-8-9-10-11-12-13-14-15-16-18-21-24-27-30-39(41(3)4)31-28-25-22-19-17-20-23-26-29-36-43-40(42)38-34-32-37(6-2)33-35-38/h6,32-35,39H,2,5,7-31,36H2,1,3-4H3. The Labute approximate surface area is 268 Å². The molecule has 1 unspecified atom stereocenters. The molecule has 0 spiro atoms. The van der Waals surface area contributed by atoms with Crippen molar-refractivity contribution in [3.63, 3.8) is 0 Å². The molecule has 1 aromatic rings. The van der Waals surface area contributed by atoms with Gasteiger partial charge in [-0.2, -0.15) is 0 Å². The predicted molar refractivity (Wildman–Crippen MR) is 190 cm³/mol. The van der Waals surface area contributed by atoms with E-state index < -0.39 is 0 Å². The molecular weight excluding hydrogens is 526 g/mol. The molecule has 0 N–H and O–H groups in total. The molecule has 1 rings (SSSR count). The molecule has 248 valence electrons. The molecule has 1 atom stereocenters. The Hall–Kier alpha value is -1.61. The summed E-state index contributed by atoms with van der Waals surface area (Å²) in [7, 11) is 4.55. The zero-order chi connectivity index (χ0) is 31.2. The van der Waals surface area contributed by atoms with Crippen LogP contribution >= 0.6 is 0 Å². The third kappa shape index (κ3) is 23.4. The van der Waals surface area contributed by atoms with Crippen molar-refractivity contribution in [3.05, 3.63) is 42.0 Å². The van der Waals surface area contributed by atoms with Crippen LogP contribution in [0.25, 0.3) is 6.08 Å². The van der Waals surface area contributed by atoms with Crippen LogP contribution in [0.5, 0.6) is 0 Å². The molecule has 0 radical (unpaired) electrons. The smallest absolute Gasteiger partial charge is 0.338 e. The monoisotopic (exact) mass is 598 g/mol. The van der Waals surface area contributed by atoms with Gasteiger partial charge in [-0.05, 0) is 51.1 Å². The molecule has 0 fully saturated rings. The van der Waals surface area contributed by atoms with Crippen molar-refractivity contribution in [2.24, 2.45) is 0 Å². The van der Waals surface area contributed by atoms with Crippen LogP contribution in [0.15, 0.2) is 30.8 Å². The fraction of sp³-hybridized carbons (Fsp3) is 0.775. The summed E-state index contributed by atoms with van der Waals surface area (Å²) in [6.07, 6.45) is 37.7. The lowest BCUT2D eigenvalue weighted by molar-refractivity contribution is 0.0497. The number of unbranched alkanes of at least 4 members (excludes halogenated alkanes) is 22. The number of rotatable bonds is 31. The molecule has 43 heavy (non-hydrogen) atoms. The molecule has 0 heterocycles. The van der Waals surface area contributed by atoms with Crippen molar-refractivity contribution in [3.8, 4) is 0 Å². The second kappa shape index (κ2) is 29.1. The summed E-state index contributed by atoms with van der Waals surface area (Å²) in [5.74, 6) is -0.220. The van der Waals surface area contributed by atoms with Crippen molar-refractivity contribution < 1.29 is 9.53 Å². The molecule has 0 aromatic heterocycles. The van der Waals surface area contributed by atoms with E-state index in [1.165, 1.54) is 154 Å². The Bertz CT molecular complexity index is 756. The molecule has 0 saturated heterocycles. The van der Waals surface area contributed by atoms with E-state index in [0.717, 1.165) is 24.4 Å². The molecule has 3 heteroatoms. The van der Waals surface area contributed by atoms with Gasteiger partial charge in [0.25, 0.3) is 0 Å². The molecule has 0 aliphatic heterocycles. The summed E-state index contributed by atoms with van der Waals surface area (Å²) in [6, 6.07) is 8.17. The maximum atomic E-state index is 12.1. The molecule has 0 saturated carbocycles. The van der Waals surface area contributed by atoms with Gasteiger partial charge < -0.3 is 9.64 Å². The minimum Gasteiger partial charge on any atom is -0.462 e. The normalized spacial score (nSPS) is 12.1. The number of ether oxygens (including phenoxy) is 1. The number of hydrogen-bond donors (Lipinski definition) is 0. The molecule has 0 amide bonds. The Balaban J connectivity index is 1.87. The Kier molecular flexibility index (Phi) is 26.7. The maximum Gasteiger partial charge on any atom is 0.338 e. The zero-order valence-electron chi connectivity index (χ0n) is 29.0. The van der Waals surface area contributed by atoms with Gasteiger partial charge in [0.15, 0.2) is 0 Å². The number of benzene rings is 1. The highest BCUT2D eigenvalue weighted by molar-refractivity contribution is 5.89. The Morgan fingerprint density at radius 2 is 1.00 bits per heavy atom. The lowest BCUT2D eigenvalue weighted by atomic mass is 9.99. The van der Waals surface area contributed by atoms with Gasteiger partial charge in [0.05, 0.1) is 12.2 Å². The number of nitrogens with zero attached hydrogens (tertiary/aromatic N) is 1. The van der Waals surface area contributed by atoms with Gasteiger partial charge in [0, 0.05) is 6.04 Å². The highest BCUT2D eigenvalue weighted by atomic mass is 16.5. The van der Waals surface area contributed by atoms with Gasteiger partial charge in [-0.1, -0.05) is 179 Å². The van der Waals surface area contributed by atoms with E-state index in [4.69, 9.17) is 4.74 Å². The average molecular weight is 598 g/mol. The second-order valence-electron chi connectivity index (χ2n) is 13.3. The van der Waals surface area contributed by atoms with Gasteiger partial charge in [-0.3, -0.25) is 0 Å². The van der Waals surface area contributed by atoms with E-state index in [9.17, 15) is 4.79 Å². The second-order valence-corrected chi connectivity index (χ2v) is 13.3. The number of carbonyl (C=O) groups is 1. The van der Waals surface area contributed by atoms with Crippen molar-refractivity contribution in [1.82, 2.24) is 4.90 Å². The first-order valence-electron chi connectivity index (χ1n) is 18.6. The minimum absolute atomic E-state index is 0.220. The van der Waals surface area contributed by atoms with E-state index in [0.29, 0.717) is 12.2 Å². The lowest BCUT2D eigenvalue weighted by Gasteiger charge is -2.24. The van der Waals surface area contributed by atoms with Gasteiger partial charge in [0.1, 0.15) is 0 Å². The third-order valence-corrected chi connectivity index (χ3v) is 9.17. The largest absolute Gasteiger partial charge is 0.462 e. The van der Waals surface area contributed by atoms with Crippen molar-refractivity contribution >= 4 is 12.0 Å². The minimum atomic E-state index is -0.220. The fourth-order valence-corrected chi connectivity index (χ4v) is 6.13. The van der Waals surface area contributed by atoms with Crippen LogP contribution in [0.2, 0.25) is 0 Å². The van der Waals surface area contributed by atoms with Gasteiger partial charge in [0.2, 0.25) is 0 Å². The number of carbonyl (C=O) groups excluding carboxylic acids is 1. The van der Waals surface area contributed by atoms with Gasteiger partial charge in [-0.25, -0.2) is 4.79 Å². The maximum absolute atomic E-state index is 12.1. The van der Waals surface area contributed by atoms with E-state index in [1.54, 1.807) is 6.08 Å². The predicted octanol–water partition coefficient (Wildman–Crippen LogP) is 12.6. The summed E-state index contributed by atoms with van der Waals surface area (Å²) < 4.78 is 5.42. The van der Waals surface area contributed by atoms with Crippen LogP contribution in [0.4, 0.5) is 0 Å². The van der Waals surface area contributed by atoms with Crippen LogP contribution in [0, 0.1) is 0 Å². The Morgan fingerprint density at radius 1 is 0.628 bits per heavy atom. The summed E-state index contributed by atoms with van der Waals surface area (Å²) in [5.41, 5.74) is 1.63. The van der Waals surface area contributed by atoms with Crippen molar-refractivity contribution in [1.29, 1.82) is 0 Å². The third-order valence-electron chi connectivity index (χ3n) is 9.17. The van der Waals surface area contributed by atoms with E-state index in [-0.39, 0.29) is 5.97 Å². The SMILES string of the molecule is C=Cc1ccc(C(=O)OCCCCCCCCCCCC(CCCCCCCCCCCCCCCCC)N(C)C)cc1. The van der Waals surface area contributed by atoms with Crippen LogP contribution in [-0.2, 0) is 4.74 Å². The van der Waals surface area contributed by atoms with Crippen LogP contribution < -0.4 is 0 Å². The summed E-state index contributed by atoms with van der Waals surface area (Å²) in [4.78, 5) is 14.6. The Morgan fingerprint density at radius 3 is 1.37 bits per heavy atom. The first-order valence-corrected chi connectivity index (χ1v) is 18.6. The lowest BCUT2D eigenvalue weighted by Crippen LogP contribution is -2.27. The molecule has 0 bridgehead atoms. The van der Waals surface area contributed by atoms with Crippen molar-refractivity contribution in [2.45, 2.75) is 180 Å². The number of hydrogen-bond acceptors (Lipinski definition) is 3. The molecule has 0 aliphatic rings. The van der Waals surface area contributed by atoms with E-state index in [1.807, 2.05) is 24.3 Å². The first kappa shape index (κ1) is 39.4. The molecule has 3 nitrogen and oxygen atoms in total. The summed E-state index contributed by atoms with van der Waals surface area (Å²) in [6.45, 7) is 6.56. The molecule has 0 aliphatic carbocycles. The zero-order valence-corrected chi connectivity index (χ0v) is 29.0. The highest BCUT2D eigenvalue weighted by Gasteiger charge is 2.10. The van der Waals surface area contributed by atoms with Crippen molar-refractivity contribution in [2.75, 3.05) is 20.7 Å². The van der Waals surface area contributed by atoms with E-state index in [2.05, 4.69) is 32.5 Å². The summed E-state index contributed by atoms with van der Waals surface area (Å²) in [5, 5.41) is 0. The quantitative estimate of drug-likeness (QED) is 0.0630. The number of esters is 1. The topological polar surface area (TPSA) is 29.5 Å². The fourth-order valence-electron chi connectivity index (χ4n) is 6.13. The van der Waals surface area contributed by atoms with Crippen LogP contribution in [0.1, 0.15) is 190 Å². The molecule has 1 aromatic carbocycles. The molecular formula is C40H71NO2. The average Bonchev–Trinajstić information content (AvgIpc) is 3.02. The van der Waals surface area contributed by atoms with Crippen LogP contribution in [0.3, 0.4) is 0 Å². The van der Waals surface area contributed by atoms with E-state index >= 15 is 0 Å². The van der Waals surface area contributed by atoms with Gasteiger partial charge in [-0.15, -0.1) is 0 Å². The van der Waals surface area contributed by atoms with Crippen LogP contribution in [-0.4, -0.2) is 37.6 Å². The summed E-state index contributed by atoms with van der Waals surface area (Å²) >= 11 is 0. The van der Waals surface area contributed by atoms with Gasteiger partial charge >= 0.3 is 5.97 Å². The first-order chi connectivity index (χ1) is 21.1. The highest BCUT2D eigenvalue weighted by Crippen LogP contribution is 2.18.